The number of nitrogens with zero attached hydrogens (tertiary/aromatic N) is 1. The molecule has 0 radical (unpaired) electrons. The Kier molecular flexibility index (Phi) is 6.68. The lowest BCUT2D eigenvalue weighted by molar-refractivity contribution is -0.136. The average Bonchev–Trinajstić information content (AvgIpc) is 3.18. The van der Waals surface area contributed by atoms with Crippen LogP contribution in [0.5, 0.6) is 0 Å². The van der Waals surface area contributed by atoms with Gasteiger partial charge in [0.15, 0.2) is 0 Å². The molecule has 1 aliphatic rings. The van der Waals surface area contributed by atoms with Crippen LogP contribution in [0.1, 0.15) is 26.7 Å². The van der Waals surface area contributed by atoms with Gasteiger partial charge >= 0.3 is 0 Å². The molecule has 2 N–H and O–H groups in total. The van der Waals surface area contributed by atoms with Crippen molar-refractivity contribution in [2.24, 2.45) is 11.1 Å². The molecule has 19 heavy (non-hydrogen) atoms. The van der Waals surface area contributed by atoms with Gasteiger partial charge in [-0.3, -0.25) is 4.79 Å². The van der Waals surface area contributed by atoms with Gasteiger partial charge in [-0.15, -0.1) is 0 Å². The molecule has 0 bridgehead atoms. The van der Waals surface area contributed by atoms with E-state index in [-0.39, 0.29) is 5.91 Å². The first-order valence-corrected chi connectivity index (χ1v) is 7.24. The molecule has 0 aromatic rings. The summed E-state index contributed by atoms with van der Waals surface area (Å²) < 4.78 is 10.6. The zero-order valence-electron chi connectivity index (χ0n) is 11.8. The Morgan fingerprint density at radius 2 is 1.68 bits per heavy atom. The second-order valence-corrected chi connectivity index (χ2v) is 5.07. The van der Waals surface area contributed by atoms with Crippen LogP contribution in [0.15, 0.2) is 0 Å². The third-order valence-electron chi connectivity index (χ3n) is 3.34. The topological polar surface area (TPSA) is 64.8 Å². The van der Waals surface area contributed by atoms with Crippen LogP contribution in [0, 0.1) is 5.41 Å². The van der Waals surface area contributed by atoms with E-state index in [1.807, 2.05) is 13.8 Å². The molecule has 1 rings (SSSR count). The summed E-state index contributed by atoms with van der Waals surface area (Å²) in [5.74, 6) is 0.0272. The first-order chi connectivity index (χ1) is 9.08. The van der Waals surface area contributed by atoms with Gasteiger partial charge < -0.3 is 20.1 Å². The van der Waals surface area contributed by atoms with Crippen molar-refractivity contribution in [2.45, 2.75) is 26.7 Å². The number of rotatable bonds is 10. The minimum absolute atomic E-state index is 0.0272. The molecular formula is C13H24N2O3S. The van der Waals surface area contributed by atoms with Gasteiger partial charge in [0.1, 0.15) is 0 Å². The highest BCUT2D eigenvalue weighted by atomic mass is 32.1. The molecule has 0 spiro atoms. The lowest BCUT2D eigenvalue weighted by atomic mass is 10.1. The van der Waals surface area contributed by atoms with Crippen LogP contribution in [0.25, 0.3) is 0 Å². The van der Waals surface area contributed by atoms with E-state index in [9.17, 15) is 4.79 Å². The molecule has 0 aromatic heterocycles. The molecule has 0 heterocycles. The summed E-state index contributed by atoms with van der Waals surface area (Å²) in [7, 11) is 0. The summed E-state index contributed by atoms with van der Waals surface area (Å²) in [6.07, 6.45) is 1.53. The first kappa shape index (κ1) is 16.3. The Morgan fingerprint density at radius 1 is 1.21 bits per heavy atom. The van der Waals surface area contributed by atoms with Gasteiger partial charge in [-0.05, 0) is 26.7 Å². The highest BCUT2D eigenvalue weighted by Gasteiger charge is 2.54. The van der Waals surface area contributed by atoms with Gasteiger partial charge in [-0.2, -0.15) is 0 Å². The van der Waals surface area contributed by atoms with Gasteiger partial charge in [0.05, 0.1) is 23.6 Å². The van der Waals surface area contributed by atoms with Crippen LogP contribution in [-0.4, -0.2) is 55.3 Å². The molecule has 1 saturated carbocycles. The largest absolute Gasteiger partial charge is 0.392 e. The van der Waals surface area contributed by atoms with Crippen LogP contribution in [0.4, 0.5) is 0 Å². The predicted molar refractivity (Wildman–Crippen MR) is 78.0 cm³/mol. The van der Waals surface area contributed by atoms with Crippen LogP contribution < -0.4 is 5.73 Å². The van der Waals surface area contributed by atoms with E-state index in [0.29, 0.717) is 44.5 Å². The normalized spacial score (nSPS) is 16.1. The second kappa shape index (κ2) is 7.77. The summed E-state index contributed by atoms with van der Waals surface area (Å²) in [5.41, 5.74) is 5.11. The lowest BCUT2D eigenvalue weighted by Crippen LogP contribution is -2.45. The summed E-state index contributed by atoms with van der Waals surface area (Å²) >= 11 is 5.03. The van der Waals surface area contributed by atoms with E-state index in [2.05, 4.69) is 0 Å². The second-order valence-electron chi connectivity index (χ2n) is 4.63. The standard InChI is InChI=1S/C13H24N2O3S/c1-3-17-9-7-15(8-10-18-4-2)12(16)13(5-6-13)11(14)19/h3-10H2,1-2H3,(H2,14,19). The van der Waals surface area contributed by atoms with Gasteiger partial charge in [0, 0.05) is 26.3 Å². The summed E-state index contributed by atoms with van der Waals surface area (Å²) in [5, 5.41) is 0. The number of carbonyl (C=O) groups is 1. The Hall–Kier alpha value is -0.720. The Labute approximate surface area is 120 Å². The van der Waals surface area contributed by atoms with E-state index in [0.717, 1.165) is 12.8 Å². The molecule has 0 atom stereocenters. The molecule has 5 nitrogen and oxygen atoms in total. The lowest BCUT2D eigenvalue weighted by Gasteiger charge is -2.26. The van der Waals surface area contributed by atoms with Crippen LogP contribution in [0.2, 0.25) is 0 Å². The fourth-order valence-electron chi connectivity index (χ4n) is 1.95. The highest BCUT2D eigenvalue weighted by molar-refractivity contribution is 7.80. The fraction of sp³-hybridized carbons (Fsp3) is 0.846. The number of nitrogens with two attached hydrogens (primary N) is 1. The van der Waals surface area contributed by atoms with E-state index in [1.54, 1.807) is 4.90 Å². The first-order valence-electron chi connectivity index (χ1n) is 6.83. The maximum Gasteiger partial charge on any atom is 0.235 e. The number of thiocarbonyl (C=S) groups is 1. The van der Waals surface area contributed by atoms with E-state index >= 15 is 0 Å². The zero-order chi connectivity index (χ0) is 14.3. The monoisotopic (exact) mass is 288 g/mol. The Bertz CT molecular complexity index is 309. The number of hydrogen-bond donors (Lipinski definition) is 1. The number of ether oxygens (including phenoxy) is 2. The van der Waals surface area contributed by atoms with Crippen molar-refractivity contribution in [1.82, 2.24) is 4.90 Å². The Balaban J connectivity index is 2.56. The molecular weight excluding hydrogens is 264 g/mol. The maximum absolute atomic E-state index is 12.5. The molecule has 1 amide bonds. The van der Waals surface area contributed by atoms with Gasteiger partial charge in [0.2, 0.25) is 5.91 Å². The third-order valence-corrected chi connectivity index (χ3v) is 3.73. The highest BCUT2D eigenvalue weighted by Crippen LogP contribution is 2.47. The van der Waals surface area contributed by atoms with Crippen molar-refractivity contribution in [3.05, 3.63) is 0 Å². The average molecular weight is 288 g/mol. The van der Waals surface area contributed by atoms with Gasteiger partial charge in [0.25, 0.3) is 0 Å². The minimum atomic E-state index is -0.590. The predicted octanol–water partition coefficient (Wildman–Crippen LogP) is 0.954. The quantitative estimate of drug-likeness (QED) is 0.479. The van der Waals surface area contributed by atoms with Crippen molar-refractivity contribution in [3.8, 4) is 0 Å². The minimum Gasteiger partial charge on any atom is -0.392 e. The van der Waals surface area contributed by atoms with Crippen molar-refractivity contribution < 1.29 is 14.3 Å². The number of hydrogen-bond acceptors (Lipinski definition) is 4. The van der Waals surface area contributed by atoms with E-state index < -0.39 is 5.41 Å². The van der Waals surface area contributed by atoms with Gasteiger partial charge in [-0.25, -0.2) is 0 Å². The van der Waals surface area contributed by atoms with Crippen molar-refractivity contribution in [2.75, 3.05) is 39.5 Å². The van der Waals surface area contributed by atoms with Crippen molar-refractivity contribution >= 4 is 23.1 Å². The maximum atomic E-state index is 12.5. The van der Waals surface area contributed by atoms with E-state index in [4.69, 9.17) is 27.4 Å². The fourth-order valence-corrected chi connectivity index (χ4v) is 2.24. The molecule has 110 valence electrons. The molecule has 0 aliphatic heterocycles. The Morgan fingerprint density at radius 3 is 2.00 bits per heavy atom. The molecule has 1 aliphatic carbocycles. The number of carbonyl (C=O) groups excluding carboxylic acids is 1. The third kappa shape index (κ3) is 4.40. The zero-order valence-corrected chi connectivity index (χ0v) is 12.6. The molecule has 0 saturated heterocycles. The molecule has 1 fully saturated rings. The SMILES string of the molecule is CCOCCN(CCOCC)C(=O)C1(C(N)=S)CC1. The van der Waals surface area contributed by atoms with Crippen LogP contribution in [0.3, 0.4) is 0 Å². The van der Waals surface area contributed by atoms with Crippen LogP contribution >= 0.6 is 12.2 Å². The van der Waals surface area contributed by atoms with Crippen molar-refractivity contribution in [3.63, 3.8) is 0 Å². The summed E-state index contributed by atoms with van der Waals surface area (Å²) in [6, 6.07) is 0. The van der Waals surface area contributed by atoms with Crippen LogP contribution in [-0.2, 0) is 14.3 Å². The number of amides is 1. The smallest absolute Gasteiger partial charge is 0.235 e. The summed E-state index contributed by atoms with van der Waals surface area (Å²) in [4.78, 5) is 14.6. The van der Waals surface area contributed by atoms with Gasteiger partial charge in [-0.1, -0.05) is 12.2 Å². The summed E-state index contributed by atoms with van der Waals surface area (Å²) in [6.45, 7) is 7.34. The molecule has 0 unspecified atom stereocenters. The molecule has 0 aromatic carbocycles. The van der Waals surface area contributed by atoms with E-state index in [1.165, 1.54) is 0 Å². The molecule has 6 heteroatoms. The van der Waals surface area contributed by atoms with Crippen molar-refractivity contribution in [1.29, 1.82) is 0 Å².